The van der Waals surface area contributed by atoms with Gasteiger partial charge in [0.15, 0.2) is 0 Å². The maximum atomic E-state index is 14.2. The van der Waals surface area contributed by atoms with E-state index in [0.29, 0.717) is 12.1 Å². The number of hydrogen-bond acceptors (Lipinski definition) is 3. The number of nitrogens with one attached hydrogen (secondary N) is 2. The summed E-state index contributed by atoms with van der Waals surface area (Å²) >= 11 is 0. The number of rotatable bonds is 3. The number of likely N-dealkylation sites (N-methyl/N-ethyl adjacent to an activating group) is 1. The number of H-pyrrole nitrogens is 1. The van der Waals surface area contributed by atoms with Crippen molar-refractivity contribution >= 4 is 20.9 Å². The third kappa shape index (κ3) is 2.84. The molecule has 4 rings (SSSR count). The van der Waals surface area contributed by atoms with Gasteiger partial charge in [0.25, 0.3) is 0 Å². The Hall–Kier alpha value is -2.22. The van der Waals surface area contributed by atoms with Gasteiger partial charge in [0.05, 0.1) is 11.4 Å². The van der Waals surface area contributed by atoms with E-state index in [1.54, 1.807) is 12.1 Å². The standard InChI is InChI=1S/C18H18FN3O2S/c1-22-10-12-5-2-3-6-13(12)16(11-22)21-25(23,24)17-9-20-15-8-4-7-14(19)18(15)17/h2-9,16,20-21H,10-11H2,1H3. The Morgan fingerprint density at radius 2 is 2.00 bits per heavy atom. The smallest absolute Gasteiger partial charge is 0.243 e. The molecule has 0 aliphatic carbocycles. The van der Waals surface area contributed by atoms with E-state index in [0.717, 1.165) is 17.7 Å². The lowest BCUT2D eigenvalue weighted by Gasteiger charge is -2.32. The number of fused-ring (bicyclic) bond motifs is 2. The average molecular weight is 359 g/mol. The topological polar surface area (TPSA) is 65.2 Å². The Balaban J connectivity index is 1.75. The minimum atomic E-state index is -3.88. The van der Waals surface area contributed by atoms with Gasteiger partial charge in [-0.1, -0.05) is 30.3 Å². The molecule has 5 nitrogen and oxygen atoms in total. The SMILES string of the molecule is CN1Cc2ccccc2C(NS(=O)(=O)c2c[nH]c3cccc(F)c23)C1. The van der Waals surface area contributed by atoms with Crippen LogP contribution in [0.1, 0.15) is 17.2 Å². The van der Waals surface area contributed by atoms with Crippen molar-refractivity contribution in [3.05, 3.63) is 65.6 Å². The van der Waals surface area contributed by atoms with Crippen LogP contribution in [0.15, 0.2) is 53.6 Å². The first-order valence-electron chi connectivity index (χ1n) is 8.00. The van der Waals surface area contributed by atoms with Crippen molar-refractivity contribution in [2.75, 3.05) is 13.6 Å². The molecule has 2 aromatic carbocycles. The summed E-state index contributed by atoms with van der Waals surface area (Å²) in [6.45, 7) is 1.33. The molecule has 0 spiro atoms. The van der Waals surface area contributed by atoms with E-state index in [1.807, 2.05) is 31.3 Å². The number of hydrogen-bond donors (Lipinski definition) is 2. The van der Waals surface area contributed by atoms with Gasteiger partial charge < -0.3 is 9.88 Å². The zero-order chi connectivity index (χ0) is 17.6. The van der Waals surface area contributed by atoms with Crippen LogP contribution in [-0.4, -0.2) is 31.9 Å². The Labute approximate surface area is 145 Å². The van der Waals surface area contributed by atoms with E-state index in [1.165, 1.54) is 12.3 Å². The monoisotopic (exact) mass is 359 g/mol. The van der Waals surface area contributed by atoms with Crippen molar-refractivity contribution in [2.45, 2.75) is 17.5 Å². The molecular formula is C18H18FN3O2S. The third-order valence-corrected chi connectivity index (χ3v) is 6.07. The maximum Gasteiger partial charge on any atom is 0.243 e. The quantitative estimate of drug-likeness (QED) is 0.756. The van der Waals surface area contributed by atoms with Crippen LogP contribution in [0.3, 0.4) is 0 Å². The summed E-state index contributed by atoms with van der Waals surface area (Å²) in [6, 6.07) is 11.9. The number of sulfonamides is 1. The molecular weight excluding hydrogens is 341 g/mol. The summed E-state index contributed by atoms with van der Waals surface area (Å²) in [6.07, 6.45) is 1.34. The molecule has 0 saturated heterocycles. The zero-order valence-electron chi connectivity index (χ0n) is 13.7. The van der Waals surface area contributed by atoms with Gasteiger partial charge in [0.2, 0.25) is 10.0 Å². The Morgan fingerprint density at radius 3 is 2.84 bits per heavy atom. The molecule has 130 valence electrons. The molecule has 0 radical (unpaired) electrons. The molecule has 1 aromatic heterocycles. The van der Waals surface area contributed by atoms with Gasteiger partial charge >= 0.3 is 0 Å². The van der Waals surface area contributed by atoms with Crippen molar-refractivity contribution in [2.24, 2.45) is 0 Å². The number of halogens is 1. The van der Waals surface area contributed by atoms with Crippen LogP contribution in [0.4, 0.5) is 4.39 Å². The lowest BCUT2D eigenvalue weighted by molar-refractivity contribution is 0.274. The van der Waals surface area contributed by atoms with Gasteiger partial charge in [0, 0.05) is 24.8 Å². The van der Waals surface area contributed by atoms with E-state index in [-0.39, 0.29) is 16.3 Å². The molecule has 2 N–H and O–H groups in total. The summed E-state index contributed by atoms with van der Waals surface area (Å²) < 4.78 is 42.8. The average Bonchev–Trinajstić information content (AvgIpc) is 3.01. The van der Waals surface area contributed by atoms with Gasteiger partial charge in [-0.2, -0.15) is 0 Å². The van der Waals surface area contributed by atoms with Crippen molar-refractivity contribution < 1.29 is 12.8 Å². The van der Waals surface area contributed by atoms with Crippen LogP contribution in [0, 0.1) is 5.82 Å². The number of aromatic amines is 1. The molecule has 2 heterocycles. The fraction of sp³-hybridized carbons (Fsp3) is 0.222. The molecule has 3 aromatic rings. The predicted octanol–water partition coefficient (Wildman–Crippen LogP) is 2.77. The lowest BCUT2D eigenvalue weighted by atomic mass is 9.96. The number of aromatic nitrogens is 1. The molecule has 1 aliphatic heterocycles. The maximum absolute atomic E-state index is 14.2. The molecule has 7 heteroatoms. The first kappa shape index (κ1) is 16.3. The van der Waals surface area contributed by atoms with Gasteiger partial charge in [-0.3, -0.25) is 0 Å². The molecule has 1 aliphatic rings. The summed E-state index contributed by atoms with van der Waals surface area (Å²) in [7, 11) is -1.93. The van der Waals surface area contributed by atoms with Gasteiger partial charge in [-0.25, -0.2) is 17.5 Å². The van der Waals surface area contributed by atoms with E-state index in [2.05, 4.69) is 14.6 Å². The summed E-state index contributed by atoms with van der Waals surface area (Å²) in [5.41, 5.74) is 2.51. The van der Waals surface area contributed by atoms with E-state index < -0.39 is 15.8 Å². The first-order valence-corrected chi connectivity index (χ1v) is 9.48. The zero-order valence-corrected chi connectivity index (χ0v) is 14.5. The van der Waals surface area contributed by atoms with Crippen LogP contribution < -0.4 is 4.72 Å². The number of benzene rings is 2. The van der Waals surface area contributed by atoms with Gasteiger partial charge in [-0.05, 0) is 30.3 Å². The predicted molar refractivity (Wildman–Crippen MR) is 94.1 cm³/mol. The van der Waals surface area contributed by atoms with E-state index in [9.17, 15) is 12.8 Å². The van der Waals surface area contributed by atoms with Crippen LogP contribution >= 0.6 is 0 Å². The Kier molecular flexibility index (Phi) is 3.87. The fourth-order valence-corrected chi connectivity index (χ4v) is 4.85. The van der Waals surface area contributed by atoms with Crippen LogP contribution in [0.2, 0.25) is 0 Å². The van der Waals surface area contributed by atoms with Crippen molar-refractivity contribution in [1.82, 2.24) is 14.6 Å². The largest absolute Gasteiger partial charge is 0.360 e. The Morgan fingerprint density at radius 1 is 1.20 bits per heavy atom. The minimum Gasteiger partial charge on any atom is -0.360 e. The number of nitrogens with zero attached hydrogens (tertiary/aromatic N) is 1. The van der Waals surface area contributed by atoms with Crippen LogP contribution in [0.5, 0.6) is 0 Å². The minimum absolute atomic E-state index is 0.0636. The molecule has 1 atom stereocenters. The third-order valence-electron chi connectivity index (χ3n) is 4.57. The second-order valence-electron chi connectivity index (χ2n) is 6.38. The highest BCUT2D eigenvalue weighted by Crippen LogP contribution is 2.30. The highest BCUT2D eigenvalue weighted by molar-refractivity contribution is 7.89. The summed E-state index contributed by atoms with van der Waals surface area (Å²) in [5.74, 6) is -0.555. The lowest BCUT2D eigenvalue weighted by Crippen LogP contribution is -2.40. The fourth-order valence-electron chi connectivity index (χ4n) is 3.46. The highest BCUT2D eigenvalue weighted by Gasteiger charge is 2.29. The molecule has 25 heavy (non-hydrogen) atoms. The van der Waals surface area contributed by atoms with Crippen LogP contribution in [-0.2, 0) is 16.6 Å². The molecule has 1 unspecified atom stereocenters. The van der Waals surface area contributed by atoms with Crippen molar-refractivity contribution in [1.29, 1.82) is 0 Å². The second-order valence-corrected chi connectivity index (χ2v) is 8.07. The Bertz CT molecular complexity index is 1050. The second kappa shape index (κ2) is 5.94. The molecule has 0 bridgehead atoms. The normalized spacial score (nSPS) is 18.4. The summed E-state index contributed by atoms with van der Waals surface area (Å²) in [5, 5.41) is 0.0902. The molecule has 0 fully saturated rings. The summed E-state index contributed by atoms with van der Waals surface area (Å²) in [4.78, 5) is 4.83. The van der Waals surface area contributed by atoms with E-state index in [4.69, 9.17) is 0 Å². The van der Waals surface area contributed by atoms with Gasteiger partial charge in [0.1, 0.15) is 10.7 Å². The highest BCUT2D eigenvalue weighted by atomic mass is 32.2. The van der Waals surface area contributed by atoms with E-state index >= 15 is 0 Å². The van der Waals surface area contributed by atoms with Crippen LogP contribution in [0.25, 0.3) is 10.9 Å². The van der Waals surface area contributed by atoms with Crippen molar-refractivity contribution in [3.8, 4) is 0 Å². The van der Waals surface area contributed by atoms with Crippen molar-refractivity contribution in [3.63, 3.8) is 0 Å². The molecule has 0 saturated carbocycles. The molecule has 0 amide bonds. The first-order chi connectivity index (χ1) is 12.0. The van der Waals surface area contributed by atoms with Gasteiger partial charge in [-0.15, -0.1) is 0 Å².